The third kappa shape index (κ3) is 3.50. The molecule has 1 fully saturated rings. The van der Waals surface area contributed by atoms with Gasteiger partial charge >= 0.3 is 0 Å². The van der Waals surface area contributed by atoms with Gasteiger partial charge in [0.25, 0.3) is 0 Å². The number of piperidine rings is 1. The molecule has 122 valence electrons. The number of likely N-dealkylation sites (tertiary alicyclic amines) is 1. The Morgan fingerprint density at radius 1 is 1.00 bits per heavy atom. The van der Waals surface area contributed by atoms with Crippen LogP contribution in [0.3, 0.4) is 0 Å². The van der Waals surface area contributed by atoms with E-state index in [1.165, 1.54) is 32.4 Å². The summed E-state index contributed by atoms with van der Waals surface area (Å²) < 4.78 is 5.95. The molecule has 0 aliphatic carbocycles. The van der Waals surface area contributed by atoms with Gasteiger partial charge in [0.1, 0.15) is 0 Å². The molecule has 1 aromatic rings. The van der Waals surface area contributed by atoms with Gasteiger partial charge in [0.2, 0.25) is 0 Å². The van der Waals surface area contributed by atoms with Gasteiger partial charge in [-0.3, -0.25) is 0 Å². The number of anilines is 1. The van der Waals surface area contributed by atoms with E-state index in [4.69, 9.17) is 4.74 Å². The molecule has 0 unspecified atom stereocenters. The van der Waals surface area contributed by atoms with Crippen molar-refractivity contribution >= 4 is 5.69 Å². The number of allylic oxidation sites excluding steroid dienone is 2. The summed E-state index contributed by atoms with van der Waals surface area (Å²) in [5, 5.41) is 0. The fourth-order valence-corrected chi connectivity index (χ4v) is 3.43. The molecule has 1 saturated heterocycles. The summed E-state index contributed by atoms with van der Waals surface area (Å²) in [6.45, 7) is 12.5. The molecule has 23 heavy (non-hydrogen) atoms. The van der Waals surface area contributed by atoms with Gasteiger partial charge in [-0.25, -0.2) is 0 Å². The quantitative estimate of drug-likeness (QED) is 0.777. The number of para-hydroxylation sites is 2. The third-order valence-electron chi connectivity index (χ3n) is 4.60. The van der Waals surface area contributed by atoms with Crippen molar-refractivity contribution in [3.63, 3.8) is 0 Å². The molecule has 3 heteroatoms. The number of benzene rings is 1. The average molecular weight is 310 g/mol. The Hall–Kier alpha value is -2.00. The second-order valence-corrected chi connectivity index (χ2v) is 6.14. The molecular formula is C20H26N2O. The second kappa shape index (κ2) is 7.51. The van der Waals surface area contributed by atoms with Crippen molar-refractivity contribution in [1.82, 2.24) is 4.90 Å². The molecule has 3 nitrogen and oxygen atoms in total. The Labute approximate surface area is 139 Å². The average Bonchev–Trinajstić information content (AvgIpc) is 2.62. The zero-order valence-corrected chi connectivity index (χ0v) is 13.8. The Morgan fingerprint density at radius 3 is 2.52 bits per heavy atom. The van der Waals surface area contributed by atoms with E-state index < -0.39 is 0 Å². The maximum atomic E-state index is 5.95. The lowest BCUT2D eigenvalue weighted by Gasteiger charge is -2.34. The molecule has 0 saturated carbocycles. The van der Waals surface area contributed by atoms with Crippen LogP contribution in [0.15, 0.2) is 61.0 Å². The largest absolute Gasteiger partial charge is 0.453 e. The van der Waals surface area contributed by atoms with E-state index in [0.717, 1.165) is 42.4 Å². The molecule has 2 aliphatic rings. The van der Waals surface area contributed by atoms with Crippen LogP contribution in [0.25, 0.3) is 0 Å². The minimum Gasteiger partial charge on any atom is -0.453 e. The van der Waals surface area contributed by atoms with E-state index in [9.17, 15) is 0 Å². The highest BCUT2D eigenvalue weighted by atomic mass is 16.5. The van der Waals surface area contributed by atoms with Crippen molar-refractivity contribution in [1.29, 1.82) is 0 Å². The molecule has 1 aromatic carbocycles. The van der Waals surface area contributed by atoms with Crippen molar-refractivity contribution in [2.45, 2.75) is 25.7 Å². The Balaban J connectivity index is 1.73. The highest BCUT2D eigenvalue weighted by Crippen LogP contribution is 2.38. The Kier molecular flexibility index (Phi) is 5.19. The van der Waals surface area contributed by atoms with Gasteiger partial charge in [-0.2, -0.15) is 0 Å². The van der Waals surface area contributed by atoms with Crippen molar-refractivity contribution in [2.24, 2.45) is 0 Å². The topological polar surface area (TPSA) is 15.7 Å². The molecule has 2 heterocycles. The molecule has 0 aromatic heterocycles. The molecule has 0 N–H and O–H groups in total. The van der Waals surface area contributed by atoms with Gasteiger partial charge < -0.3 is 14.5 Å². The molecule has 0 amide bonds. The predicted molar refractivity (Wildman–Crippen MR) is 96.7 cm³/mol. The second-order valence-electron chi connectivity index (χ2n) is 6.14. The molecule has 0 bridgehead atoms. The SMILES string of the molecule is C=CC1=C(C=C)N(CCCN2CCCCC2)c2ccccc2O1. The summed E-state index contributed by atoms with van der Waals surface area (Å²) in [7, 11) is 0. The summed E-state index contributed by atoms with van der Waals surface area (Å²) in [6, 6.07) is 8.18. The normalized spacial score (nSPS) is 18.3. The third-order valence-corrected chi connectivity index (χ3v) is 4.60. The minimum atomic E-state index is 0.789. The summed E-state index contributed by atoms with van der Waals surface area (Å²) >= 11 is 0. The van der Waals surface area contributed by atoms with Crippen molar-refractivity contribution in [2.75, 3.05) is 31.1 Å². The van der Waals surface area contributed by atoms with Crippen LogP contribution in [0.4, 0.5) is 5.69 Å². The van der Waals surface area contributed by atoms with Crippen LogP contribution in [0.2, 0.25) is 0 Å². The standard InChI is InChI=1S/C20H26N2O/c1-3-17-19(4-2)23-20-12-7-6-11-18(20)22(17)16-10-15-21-13-8-5-9-14-21/h3-4,6-7,11-12H,1-2,5,8-10,13-16H2. The van der Waals surface area contributed by atoms with E-state index in [0.29, 0.717) is 0 Å². The van der Waals surface area contributed by atoms with Gasteiger partial charge in [-0.05, 0) is 63.2 Å². The van der Waals surface area contributed by atoms with E-state index in [2.05, 4.69) is 35.1 Å². The first-order valence-corrected chi connectivity index (χ1v) is 8.59. The van der Waals surface area contributed by atoms with Gasteiger partial charge in [-0.15, -0.1) is 0 Å². The predicted octanol–water partition coefficient (Wildman–Crippen LogP) is 4.35. The van der Waals surface area contributed by atoms with E-state index in [1.54, 1.807) is 6.08 Å². The maximum Gasteiger partial charge on any atom is 0.151 e. The summed E-state index contributed by atoms with van der Waals surface area (Å²) in [6.07, 6.45) is 8.85. The number of nitrogens with zero attached hydrogens (tertiary/aromatic N) is 2. The maximum absolute atomic E-state index is 5.95. The van der Waals surface area contributed by atoms with Crippen molar-refractivity contribution in [3.05, 3.63) is 61.0 Å². The Morgan fingerprint density at radius 2 is 1.78 bits per heavy atom. The van der Waals surface area contributed by atoms with E-state index in [1.807, 2.05) is 18.2 Å². The lowest BCUT2D eigenvalue weighted by molar-refractivity contribution is 0.227. The van der Waals surface area contributed by atoms with Crippen molar-refractivity contribution in [3.8, 4) is 5.75 Å². The highest BCUT2D eigenvalue weighted by Gasteiger charge is 2.23. The minimum absolute atomic E-state index is 0.789. The lowest BCUT2D eigenvalue weighted by atomic mass is 10.1. The lowest BCUT2D eigenvalue weighted by Crippen LogP contribution is -2.34. The van der Waals surface area contributed by atoms with Gasteiger partial charge in [0.05, 0.1) is 11.4 Å². The van der Waals surface area contributed by atoms with Gasteiger partial charge in [0.15, 0.2) is 11.5 Å². The van der Waals surface area contributed by atoms with E-state index in [-0.39, 0.29) is 0 Å². The molecular weight excluding hydrogens is 284 g/mol. The van der Waals surface area contributed by atoms with Gasteiger partial charge in [0, 0.05) is 6.54 Å². The zero-order chi connectivity index (χ0) is 16.1. The van der Waals surface area contributed by atoms with Gasteiger partial charge in [-0.1, -0.05) is 31.7 Å². The number of rotatable bonds is 6. The molecule has 0 radical (unpaired) electrons. The summed E-state index contributed by atoms with van der Waals surface area (Å²) in [4.78, 5) is 4.90. The molecule has 2 aliphatic heterocycles. The van der Waals surface area contributed by atoms with Crippen LogP contribution < -0.4 is 9.64 Å². The summed E-state index contributed by atoms with van der Waals surface area (Å²) in [5.41, 5.74) is 2.13. The van der Waals surface area contributed by atoms with Crippen LogP contribution in [0.1, 0.15) is 25.7 Å². The first-order chi connectivity index (χ1) is 11.3. The first-order valence-electron chi connectivity index (χ1n) is 8.59. The number of hydrogen-bond donors (Lipinski definition) is 0. The smallest absolute Gasteiger partial charge is 0.151 e. The zero-order valence-electron chi connectivity index (χ0n) is 13.8. The number of hydrogen-bond acceptors (Lipinski definition) is 3. The van der Waals surface area contributed by atoms with Crippen LogP contribution in [-0.2, 0) is 0 Å². The summed E-state index contributed by atoms with van der Waals surface area (Å²) in [5.74, 6) is 1.68. The number of fused-ring (bicyclic) bond motifs is 1. The monoisotopic (exact) mass is 310 g/mol. The fraction of sp³-hybridized carbons (Fsp3) is 0.400. The van der Waals surface area contributed by atoms with Crippen LogP contribution in [0.5, 0.6) is 5.75 Å². The van der Waals surface area contributed by atoms with Crippen LogP contribution >= 0.6 is 0 Å². The van der Waals surface area contributed by atoms with E-state index >= 15 is 0 Å². The number of ether oxygens (including phenoxy) is 1. The molecule has 0 atom stereocenters. The molecule has 3 rings (SSSR count). The highest BCUT2D eigenvalue weighted by molar-refractivity contribution is 5.67. The van der Waals surface area contributed by atoms with Crippen LogP contribution in [-0.4, -0.2) is 31.1 Å². The fourth-order valence-electron chi connectivity index (χ4n) is 3.43. The first kappa shape index (κ1) is 15.9. The molecule has 0 spiro atoms. The van der Waals surface area contributed by atoms with Crippen LogP contribution in [0, 0.1) is 0 Å². The Bertz CT molecular complexity index is 599. The van der Waals surface area contributed by atoms with Crippen molar-refractivity contribution < 1.29 is 4.74 Å².